The smallest absolute Gasteiger partial charge is 0.267 e. The lowest BCUT2D eigenvalue weighted by molar-refractivity contribution is -0.124. The first-order valence-corrected chi connectivity index (χ1v) is 8.90. The molecular weight excluding hydrogens is 326 g/mol. The van der Waals surface area contributed by atoms with Gasteiger partial charge in [-0.1, -0.05) is 48.0 Å². The van der Waals surface area contributed by atoms with Crippen molar-refractivity contribution in [1.29, 1.82) is 0 Å². The van der Waals surface area contributed by atoms with Crippen molar-refractivity contribution in [3.05, 3.63) is 71.3 Å². The van der Waals surface area contributed by atoms with Crippen LogP contribution in [0.4, 0.5) is 5.69 Å². The van der Waals surface area contributed by atoms with Crippen molar-refractivity contribution in [3.8, 4) is 0 Å². The molecule has 3 rings (SSSR count). The molecule has 0 unspecified atom stereocenters. The third-order valence-corrected chi connectivity index (χ3v) is 4.66. The molecule has 0 atom stereocenters. The van der Waals surface area contributed by atoms with Gasteiger partial charge in [-0.25, -0.2) is 5.48 Å². The molecular formula is C21H25N3O2. The van der Waals surface area contributed by atoms with E-state index in [-0.39, 0.29) is 0 Å². The number of hydrogen-bond donors (Lipinski definition) is 2. The highest BCUT2D eigenvalue weighted by Gasteiger charge is 2.18. The monoisotopic (exact) mass is 351 g/mol. The highest BCUT2D eigenvalue weighted by molar-refractivity contribution is 5.91. The minimum absolute atomic E-state index is 0.525. The molecule has 1 saturated heterocycles. The van der Waals surface area contributed by atoms with E-state index in [0.717, 1.165) is 44.0 Å². The zero-order valence-electron chi connectivity index (χ0n) is 15.1. The fourth-order valence-corrected chi connectivity index (χ4v) is 3.33. The molecule has 0 saturated carbocycles. The van der Waals surface area contributed by atoms with Crippen molar-refractivity contribution in [3.63, 3.8) is 0 Å². The van der Waals surface area contributed by atoms with Crippen LogP contribution in [0.5, 0.6) is 0 Å². The Morgan fingerprint density at radius 2 is 1.88 bits per heavy atom. The molecule has 1 heterocycles. The lowest BCUT2D eigenvalue weighted by Gasteiger charge is -2.36. The standard InChI is InChI=1S/C21H25N3O2/c1-17-5-4-6-18(15-17)16-23-11-13-24(14-12-23)20-8-3-2-7-19(20)9-10-21(25)22-26/h2-10,15,26H,11-14,16H2,1H3,(H,22,25). The number of para-hydroxylation sites is 1. The number of amides is 1. The van der Waals surface area contributed by atoms with Crippen LogP contribution in [-0.4, -0.2) is 42.2 Å². The maximum absolute atomic E-state index is 11.2. The summed E-state index contributed by atoms with van der Waals surface area (Å²) in [6.07, 6.45) is 3.08. The van der Waals surface area contributed by atoms with Gasteiger partial charge in [0.1, 0.15) is 0 Å². The van der Waals surface area contributed by atoms with E-state index < -0.39 is 5.91 Å². The van der Waals surface area contributed by atoms with E-state index in [0.29, 0.717) is 0 Å². The van der Waals surface area contributed by atoms with Crippen molar-refractivity contribution >= 4 is 17.7 Å². The van der Waals surface area contributed by atoms with Crippen molar-refractivity contribution in [2.45, 2.75) is 13.5 Å². The van der Waals surface area contributed by atoms with Gasteiger partial charge >= 0.3 is 0 Å². The van der Waals surface area contributed by atoms with E-state index in [2.05, 4.69) is 47.1 Å². The second kappa shape index (κ2) is 8.65. The van der Waals surface area contributed by atoms with E-state index in [1.807, 2.05) is 18.2 Å². The number of carbonyl (C=O) groups is 1. The summed E-state index contributed by atoms with van der Waals surface area (Å²) in [6.45, 7) is 7.01. The van der Waals surface area contributed by atoms with Gasteiger partial charge in [0, 0.05) is 44.5 Å². The van der Waals surface area contributed by atoms with Gasteiger partial charge in [0.25, 0.3) is 5.91 Å². The van der Waals surface area contributed by atoms with Crippen LogP contribution >= 0.6 is 0 Å². The molecule has 1 fully saturated rings. The first kappa shape index (κ1) is 18.2. The maximum atomic E-state index is 11.2. The molecule has 5 heteroatoms. The number of hydrogen-bond acceptors (Lipinski definition) is 4. The minimum atomic E-state index is -0.525. The quantitative estimate of drug-likeness (QED) is 0.494. The molecule has 2 aromatic carbocycles. The highest BCUT2D eigenvalue weighted by atomic mass is 16.5. The summed E-state index contributed by atoms with van der Waals surface area (Å²) in [7, 11) is 0. The molecule has 1 amide bonds. The molecule has 0 aliphatic carbocycles. The molecule has 0 bridgehead atoms. The lowest BCUT2D eigenvalue weighted by Crippen LogP contribution is -2.46. The summed E-state index contributed by atoms with van der Waals surface area (Å²) in [5.41, 5.74) is 6.37. The van der Waals surface area contributed by atoms with Crippen LogP contribution < -0.4 is 10.4 Å². The number of aryl methyl sites for hydroxylation is 1. The van der Waals surface area contributed by atoms with Gasteiger partial charge in [-0.3, -0.25) is 14.9 Å². The zero-order chi connectivity index (χ0) is 18.4. The number of nitrogens with one attached hydrogen (secondary N) is 1. The van der Waals surface area contributed by atoms with Crippen molar-refractivity contribution in [2.75, 3.05) is 31.1 Å². The first-order chi connectivity index (χ1) is 12.7. The van der Waals surface area contributed by atoms with E-state index >= 15 is 0 Å². The summed E-state index contributed by atoms with van der Waals surface area (Å²) >= 11 is 0. The van der Waals surface area contributed by atoms with Crippen LogP contribution in [0.2, 0.25) is 0 Å². The number of benzene rings is 2. The zero-order valence-corrected chi connectivity index (χ0v) is 15.1. The molecule has 1 aliphatic heterocycles. The fourth-order valence-electron chi connectivity index (χ4n) is 3.33. The van der Waals surface area contributed by atoms with E-state index in [4.69, 9.17) is 5.21 Å². The molecule has 2 aromatic rings. The summed E-state index contributed by atoms with van der Waals surface area (Å²) in [4.78, 5) is 16.1. The Bertz CT molecular complexity index is 780. The number of rotatable bonds is 5. The Balaban J connectivity index is 1.63. The van der Waals surface area contributed by atoms with Gasteiger partial charge in [0.15, 0.2) is 0 Å². The summed E-state index contributed by atoms with van der Waals surface area (Å²) in [5, 5.41) is 8.63. The van der Waals surface area contributed by atoms with Gasteiger partial charge in [0.2, 0.25) is 0 Å². The normalized spacial score (nSPS) is 15.4. The Kier molecular flexibility index (Phi) is 6.04. The van der Waals surface area contributed by atoms with Gasteiger partial charge in [-0.2, -0.15) is 0 Å². The lowest BCUT2D eigenvalue weighted by atomic mass is 10.1. The van der Waals surface area contributed by atoms with Gasteiger partial charge < -0.3 is 4.90 Å². The van der Waals surface area contributed by atoms with Crippen molar-refractivity contribution in [1.82, 2.24) is 10.4 Å². The molecule has 5 nitrogen and oxygen atoms in total. The molecule has 2 N–H and O–H groups in total. The SMILES string of the molecule is Cc1cccc(CN2CCN(c3ccccc3C=CC(=O)NO)CC2)c1. The topological polar surface area (TPSA) is 55.8 Å². The molecule has 1 aliphatic rings. The second-order valence-electron chi connectivity index (χ2n) is 6.62. The Morgan fingerprint density at radius 3 is 2.62 bits per heavy atom. The minimum Gasteiger partial charge on any atom is -0.368 e. The van der Waals surface area contributed by atoms with Crippen LogP contribution in [0.25, 0.3) is 6.08 Å². The predicted octanol–water partition coefficient (Wildman–Crippen LogP) is 2.84. The molecule has 0 radical (unpaired) electrons. The van der Waals surface area contributed by atoms with Crippen LogP contribution in [0.3, 0.4) is 0 Å². The number of anilines is 1. The third-order valence-electron chi connectivity index (χ3n) is 4.66. The molecule has 136 valence electrons. The number of nitrogens with zero attached hydrogens (tertiary/aromatic N) is 2. The molecule has 26 heavy (non-hydrogen) atoms. The third kappa shape index (κ3) is 4.71. The Hall–Kier alpha value is -2.63. The fraction of sp³-hybridized carbons (Fsp3) is 0.286. The van der Waals surface area contributed by atoms with Crippen molar-refractivity contribution in [2.24, 2.45) is 0 Å². The average molecular weight is 351 g/mol. The molecule has 0 aromatic heterocycles. The van der Waals surface area contributed by atoms with E-state index in [1.54, 1.807) is 11.6 Å². The highest BCUT2D eigenvalue weighted by Crippen LogP contribution is 2.23. The van der Waals surface area contributed by atoms with E-state index in [1.165, 1.54) is 17.2 Å². The van der Waals surface area contributed by atoms with Crippen LogP contribution in [0.15, 0.2) is 54.6 Å². The maximum Gasteiger partial charge on any atom is 0.267 e. The number of piperazine rings is 1. The van der Waals surface area contributed by atoms with Gasteiger partial charge in [0.05, 0.1) is 0 Å². The van der Waals surface area contributed by atoms with Gasteiger partial charge in [-0.15, -0.1) is 0 Å². The average Bonchev–Trinajstić information content (AvgIpc) is 2.67. The number of hydroxylamine groups is 1. The summed E-state index contributed by atoms with van der Waals surface area (Å²) in [6, 6.07) is 16.7. The van der Waals surface area contributed by atoms with Crippen LogP contribution in [0.1, 0.15) is 16.7 Å². The predicted molar refractivity (Wildman–Crippen MR) is 104 cm³/mol. The largest absolute Gasteiger partial charge is 0.368 e. The second-order valence-corrected chi connectivity index (χ2v) is 6.62. The Morgan fingerprint density at radius 1 is 1.12 bits per heavy atom. The van der Waals surface area contributed by atoms with Crippen LogP contribution in [0, 0.1) is 6.92 Å². The summed E-state index contributed by atoms with van der Waals surface area (Å²) in [5.74, 6) is -0.525. The Labute approximate surface area is 154 Å². The first-order valence-electron chi connectivity index (χ1n) is 8.90. The van der Waals surface area contributed by atoms with E-state index in [9.17, 15) is 4.79 Å². The summed E-state index contributed by atoms with van der Waals surface area (Å²) < 4.78 is 0. The van der Waals surface area contributed by atoms with Crippen LogP contribution in [-0.2, 0) is 11.3 Å². The van der Waals surface area contributed by atoms with Crippen molar-refractivity contribution < 1.29 is 10.0 Å². The van der Waals surface area contributed by atoms with Gasteiger partial charge in [-0.05, 0) is 30.2 Å². The molecule has 0 spiro atoms. The number of carbonyl (C=O) groups excluding carboxylic acids is 1.